The molecule has 5 nitrogen and oxygen atoms in total. The maximum absolute atomic E-state index is 5.82. The summed E-state index contributed by atoms with van der Waals surface area (Å²) in [6, 6.07) is 18.2. The van der Waals surface area contributed by atoms with Crippen LogP contribution in [0.5, 0.6) is 11.5 Å². The van der Waals surface area contributed by atoms with Gasteiger partial charge in [-0.15, -0.1) is 10.2 Å². The number of methoxy groups -OCH3 is 1. The summed E-state index contributed by atoms with van der Waals surface area (Å²) >= 11 is 1.70. The molecule has 140 valence electrons. The molecule has 1 saturated carbocycles. The van der Waals surface area contributed by atoms with E-state index in [-0.39, 0.29) is 0 Å². The van der Waals surface area contributed by atoms with Crippen molar-refractivity contribution in [3.63, 3.8) is 0 Å². The van der Waals surface area contributed by atoms with Crippen molar-refractivity contribution in [2.24, 2.45) is 0 Å². The molecule has 1 aliphatic rings. The molecule has 0 bridgehead atoms. The van der Waals surface area contributed by atoms with Crippen molar-refractivity contribution in [1.82, 2.24) is 14.8 Å². The van der Waals surface area contributed by atoms with Gasteiger partial charge in [-0.2, -0.15) is 0 Å². The van der Waals surface area contributed by atoms with Crippen LogP contribution in [0.15, 0.2) is 59.8 Å². The summed E-state index contributed by atoms with van der Waals surface area (Å²) in [6.45, 7) is 1.44. The topological polar surface area (TPSA) is 49.2 Å². The fraction of sp³-hybridized carbons (Fsp3) is 0.333. The van der Waals surface area contributed by atoms with E-state index in [1.165, 1.54) is 18.4 Å². The van der Waals surface area contributed by atoms with Crippen molar-refractivity contribution in [2.45, 2.75) is 30.5 Å². The summed E-state index contributed by atoms with van der Waals surface area (Å²) in [4.78, 5) is 0. The summed E-state index contributed by atoms with van der Waals surface area (Å²) in [5.41, 5.74) is 1.27. The van der Waals surface area contributed by atoms with E-state index in [1.807, 2.05) is 30.3 Å². The fourth-order valence-corrected chi connectivity index (χ4v) is 3.69. The van der Waals surface area contributed by atoms with Gasteiger partial charge in [-0.25, -0.2) is 0 Å². The molecule has 1 aromatic heterocycles. The predicted octanol–water partition coefficient (Wildman–Crippen LogP) is 4.38. The highest BCUT2D eigenvalue weighted by molar-refractivity contribution is 7.99. The lowest BCUT2D eigenvalue weighted by Crippen LogP contribution is -2.07. The number of hydrogen-bond donors (Lipinski definition) is 0. The smallest absolute Gasteiger partial charge is 0.191 e. The first kappa shape index (κ1) is 17.9. The molecule has 0 spiro atoms. The molecular formula is C21H23N3O2S. The van der Waals surface area contributed by atoms with E-state index < -0.39 is 0 Å². The van der Waals surface area contributed by atoms with E-state index in [0.717, 1.165) is 34.8 Å². The van der Waals surface area contributed by atoms with Crippen LogP contribution >= 0.6 is 11.8 Å². The highest BCUT2D eigenvalue weighted by Gasteiger charge is 2.30. The third kappa shape index (κ3) is 4.63. The molecule has 0 aliphatic heterocycles. The highest BCUT2D eigenvalue weighted by Crippen LogP contribution is 2.40. The predicted molar refractivity (Wildman–Crippen MR) is 107 cm³/mol. The molecule has 0 radical (unpaired) electrons. The number of hydrogen-bond acceptors (Lipinski definition) is 5. The molecule has 1 fully saturated rings. The molecule has 27 heavy (non-hydrogen) atoms. The third-order valence-corrected chi connectivity index (χ3v) is 5.45. The highest BCUT2D eigenvalue weighted by atomic mass is 32.2. The minimum Gasteiger partial charge on any atom is -0.497 e. The quantitative estimate of drug-likeness (QED) is 0.407. The van der Waals surface area contributed by atoms with Gasteiger partial charge in [0.05, 0.1) is 20.3 Å². The van der Waals surface area contributed by atoms with Crippen molar-refractivity contribution in [3.05, 3.63) is 66.0 Å². The van der Waals surface area contributed by atoms with Crippen LogP contribution in [0.4, 0.5) is 0 Å². The van der Waals surface area contributed by atoms with Gasteiger partial charge in [-0.05, 0) is 42.7 Å². The first-order valence-corrected chi connectivity index (χ1v) is 10.2. The first-order valence-electron chi connectivity index (χ1n) is 9.20. The number of aromatic nitrogens is 3. The zero-order valence-electron chi connectivity index (χ0n) is 15.4. The van der Waals surface area contributed by atoms with E-state index in [1.54, 1.807) is 18.9 Å². The van der Waals surface area contributed by atoms with Crippen molar-refractivity contribution < 1.29 is 9.47 Å². The molecule has 0 unspecified atom stereocenters. The SMILES string of the molecule is COc1ccc(OCCSc2nnc(C3CC3)n2Cc2ccccc2)cc1. The van der Waals surface area contributed by atoms with Gasteiger partial charge in [0.15, 0.2) is 5.16 Å². The van der Waals surface area contributed by atoms with Gasteiger partial charge in [0, 0.05) is 11.7 Å². The monoisotopic (exact) mass is 381 g/mol. The Labute approximate surface area is 163 Å². The molecule has 1 heterocycles. The van der Waals surface area contributed by atoms with E-state index in [2.05, 4.69) is 39.0 Å². The summed E-state index contributed by atoms with van der Waals surface area (Å²) in [6.07, 6.45) is 2.44. The molecular weight excluding hydrogens is 358 g/mol. The number of benzene rings is 2. The number of rotatable bonds is 9. The van der Waals surface area contributed by atoms with Crippen LogP contribution in [0.2, 0.25) is 0 Å². The van der Waals surface area contributed by atoms with Crippen LogP contribution in [-0.2, 0) is 6.54 Å². The minimum atomic E-state index is 0.575. The van der Waals surface area contributed by atoms with Crippen LogP contribution in [-0.4, -0.2) is 34.2 Å². The van der Waals surface area contributed by atoms with Crippen LogP contribution in [0.1, 0.15) is 30.1 Å². The molecule has 1 aliphatic carbocycles. The van der Waals surface area contributed by atoms with Crippen LogP contribution in [0.3, 0.4) is 0 Å². The Hall–Kier alpha value is -2.47. The van der Waals surface area contributed by atoms with E-state index in [4.69, 9.17) is 9.47 Å². The molecule has 0 amide bonds. The van der Waals surface area contributed by atoms with Gasteiger partial charge >= 0.3 is 0 Å². The third-order valence-electron chi connectivity index (χ3n) is 4.51. The Morgan fingerprint density at radius 2 is 1.74 bits per heavy atom. The first-order chi connectivity index (χ1) is 13.3. The normalized spacial score (nSPS) is 13.5. The lowest BCUT2D eigenvalue weighted by atomic mass is 10.2. The maximum Gasteiger partial charge on any atom is 0.191 e. The lowest BCUT2D eigenvalue weighted by molar-refractivity contribution is 0.342. The van der Waals surface area contributed by atoms with Crippen LogP contribution in [0, 0.1) is 0 Å². The molecule has 3 aromatic rings. The number of thioether (sulfide) groups is 1. The largest absolute Gasteiger partial charge is 0.497 e. The summed E-state index contributed by atoms with van der Waals surface area (Å²) in [5.74, 6) is 4.20. The second-order valence-corrected chi connectivity index (χ2v) is 7.62. The standard InChI is InChI=1S/C21H23N3O2S/c1-25-18-9-11-19(12-10-18)26-13-14-27-21-23-22-20(17-7-8-17)24(21)15-16-5-3-2-4-6-16/h2-6,9-12,17H,7-8,13-15H2,1H3. The van der Waals surface area contributed by atoms with E-state index in [9.17, 15) is 0 Å². The van der Waals surface area contributed by atoms with Crippen LogP contribution < -0.4 is 9.47 Å². The van der Waals surface area contributed by atoms with Gasteiger partial charge in [0.2, 0.25) is 0 Å². The van der Waals surface area contributed by atoms with Crippen molar-refractivity contribution in [1.29, 1.82) is 0 Å². The van der Waals surface area contributed by atoms with Gasteiger partial charge < -0.3 is 14.0 Å². The molecule has 2 aromatic carbocycles. The van der Waals surface area contributed by atoms with Gasteiger partial charge in [0.1, 0.15) is 17.3 Å². The summed E-state index contributed by atoms with van der Waals surface area (Å²) < 4.78 is 13.3. The van der Waals surface area contributed by atoms with Crippen LogP contribution in [0.25, 0.3) is 0 Å². The number of ether oxygens (including phenoxy) is 2. The Bertz CT molecular complexity index is 861. The van der Waals surface area contributed by atoms with E-state index in [0.29, 0.717) is 12.5 Å². The second-order valence-electron chi connectivity index (χ2n) is 6.56. The average Bonchev–Trinajstić information content (AvgIpc) is 3.49. The summed E-state index contributed by atoms with van der Waals surface area (Å²) in [7, 11) is 1.66. The molecule has 0 saturated heterocycles. The lowest BCUT2D eigenvalue weighted by Gasteiger charge is -2.10. The number of nitrogens with zero attached hydrogens (tertiary/aromatic N) is 3. The summed E-state index contributed by atoms with van der Waals surface area (Å²) in [5, 5.41) is 9.88. The maximum atomic E-state index is 5.82. The molecule has 0 atom stereocenters. The van der Waals surface area contributed by atoms with Crippen molar-refractivity contribution in [3.8, 4) is 11.5 Å². The second kappa shape index (κ2) is 8.48. The minimum absolute atomic E-state index is 0.575. The van der Waals surface area contributed by atoms with Crippen molar-refractivity contribution >= 4 is 11.8 Å². The molecule has 0 N–H and O–H groups in total. The zero-order valence-corrected chi connectivity index (χ0v) is 16.2. The average molecular weight is 382 g/mol. The Kier molecular flexibility index (Phi) is 5.63. The fourth-order valence-electron chi connectivity index (χ4n) is 2.93. The van der Waals surface area contributed by atoms with Crippen molar-refractivity contribution in [2.75, 3.05) is 19.5 Å². The molecule has 6 heteroatoms. The van der Waals surface area contributed by atoms with Gasteiger partial charge in [0.25, 0.3) is 0 Å². The Morgan fingerprint density at radius 3 is 2.44 bits per heavy atom. The Balaban J connectivity index is 1.36. The zero-order chi connectivity index (χ0) is 18.5. The molecule has 4 rings (SSSR count). The van der Waals surface area contributed by atoms with E-state index >= 15 is 0 Å². The van der Waals surface area contributed by atoms with Gasteiger partial charge in [-0.1, -0.05) is 42.1 Å². The van der Waals surface area contributed by atoms with Gasteiger partial charge in [-0.3, -0.25) is 0 Å². The Morgan fingerprint density at radius 1 is 1.00 bits per heavy atom.